The predicted molar refractivity (Wildman–Crippen MR) is 341 cm³/mol. The molecule has 4 rings (SSSR count). The average molecular weight is 1330 g/mol. The number of benzene rings is 3. The van der Waals surface area contributed by atoms with E-state index in [-0.39, 0.29) is 94.6 Å². The van der Waals surface area contributed by atoms with E-state index in [0.29, 0.717) is 12.8 Å². The van der Waals surface area contributed by atoms with Crippen molar-refractivity contribution in [1.29, 1.82) is 0 Å². The van der Waals surface area contributed by atoms with Crippen molar-refractivity contribution in [3.63, 3.8) is 0 Å². The first-order valence-corrected chi connectivity index (χ1v) is 36.3. The molecule has 7 atom stereocenters. The fourth-order valence-electron chi connectivity index (χ4n) is 11.3. The van der Waals surface area contributed by atoms with Crippen LogP contribution >= 0.6 is 0 Å². The van der Waals surface area contributed by atoms with E-state index in [1.807, 2.05) is 0 Å². The fraction of sp³-hybridized carbons (Fsp3) is 0.681. The number of rotatable bonds is 52. The third kappa shape index (κ3) is 39.1. The van der Waals surface area contributed by atoms with E-state index >= 15 is 0 Å². The summed E-state index contributed by atoms with van der Waals surface area (Å²) in [7, 11) is -11.3. The van der Waals surface area contributed by atoms with E-state index in [2.05, 4.69) is 23.3 Å². The molecule has 1 saturated heterocycles. The minimum absolute atomic E-state index is 0. The summed E-state index contributed by atoms with van der Waals surface area (Å²) in [5.74, 6) is -3.27. The van der Waals surface area contributed by atoms with Crippen LogP contribution in [-0.2, 0) is 57.6 Å². The second-order valence-electron chi connectivity index (χ2n) is 23.8. The van der Waals surface area contributed by atoms with Crippen molar-refractivity contribution in [3.05, 3.63) is 108 Å². The largest absolute Gasteiger partial charge is 1.00 e. The molecule has 3 aromatic rings. The molecule has 3 aromatic carbocycles. The SMILES string of the molecule is CCCCCCCCCCCCCCCCCCCCCCCC(=O)N[C@@H](CO[C@@H]1O[C@H](COS(=O)(=O)[O-])[C@H](OS(=O)(=O)[O-])[C@H](OC(=O)c2ccccc2)[C@H]1OC(=O)c1ccccc1)[C@@H](CCCCCCCCCCCCCCC)OC(=O)c1ccccc1.[Na+].[Na+]. The Hall–Kier alpha value is -2.80. The predicted octanol–water partition coefficient (Wildman–Crippen LogP) is 9.30. The number of carbonyl (C=O) groups excluding carboxylic acids is 4. The smallest absolute Gasteiger partial charge is 0.726 e. The van der Waals surface area contributed by atoms with Gasteiger partial charge in [-0.3, -0.25) is 13.2 Å². The Bertz CT molecular complexity index is 2590. The van der Waals surface area contributed by atoms with Crippen LogP contribution in [0.15, 0.2) is 91.0 Å². The summed E-state index contributed by atoms with van der Waals surface area (Å²) in [6.07, 6.45) is 28.6. The summed E-state index contributed by atoms with van der Waals surface area (Å²) < 4.78 is 113. The number of amides is 1. The number of unbranched alkanes of at least 4 members (excludes halogenated alkanes) is 32. The molecule has 1 N–H and O–H groups in total. The van der Waals surface area contributed by atoms with Gasteiger partial charge in [0.15, 0.2) is 18.5 Å². The van der Waals surface area contributed by atoms with Gasteiger partial charge < -0.3 is 38.1 Å². The molecule has 18 nitrogen and oxygen atoms in total. The molecule has 91 heavy (non-hydrogen) atoms. The number of ether oxygens (including phenoxy) is 5. The van der Waals surface area contributed by atoms with Crippen molar-refractivity contribution in [2.45, 2.75) is 288 Å². The van der Waals surface area contributed by atoms with Crippen molar-refractivity contribution in [1.82, 2.24) is 5.32 Å². The first kappa shape index (κ1) is 84.3. The number of nitrogens with one attached hydrogen (secondary N) is 1. The Labute approximate surface area is 590 Å². The van der Waals surface area contributed by atoms with E-state index in [9.17, 15) is 45.1 Å². The molecular formula is C69H105NNa2O17S2. The normalized spacial score (nSPS) is 17.2. The first-order valence-electron chi connectivity index (χ1n) is 33.7. The van der Waals surface area contributed by atoms with E-state index in [1.165, 1.54) is 196 Å². The molecule has 1 heterocycles. The Balaban J connectivity index is 0.0000141. The van der Waals surface area contributed by atoms with Crippen molar-refractivity contribution in [3.8, 4) is 0 Å². The van der Waals surface area contributed by atoms with Gasteiger partial charge in [-0.05, 0) is 55.7 Å². The molecule has 1 amide bonds. The number of carbonyl (C=O) groups is 4. The maximum atomic E-state index is 14.2. The summed E-state index contributed by atoms with van der Waals surface area (Å²) in [5, 5.41) is 3.03. The van der Waals surface area contributed by atoms with Gasteiger partial charge in [-0.1, -0.05) is 274 Å². The van der Waals surface area contributed by atoms with Crippen LogP contribution < -0.4 is 64.4 Å². The standard InChI is InChI=1S/C69H107NO17S2.2Na/c1-3-5-7-9-11-13-15-17-18-19-20-21-22-23-24-26-28-30-32-34-45-53-62(71)70-59(60(83-66(72)56-46-38-35-39-47-56)52-44-33-31-29-27-25-16-14-12-10-8-6-4-2)54-81-69-65(86-68(74)58-50-42-37-43-51-58)64(85-67(73)57-48-40-36-41-49-57)63(87-89(78,79)80)61(84-69)55-82-88(75,76)77;;/h35-43,46-51,59-61,63-65,69H,3-34,44-45,52-55H2,1-2H3,(H,70,71)(H,75,76,77)(H,78,79,80);;/q;2*+1/p-2/t59-,60+,61+,63-,64-,65+,69+;;/m0../s1. The van der Waals surface area contributed by atoms with Crippen LogP contribution in [0, 0.1) is 0 Å². The van der Waals surface area contributed by atoms with Crippen LogP contribution in [0.3, 0.4) is 0 Å². The van der Waals surface area contributed by atoms with Gasteiger partial charge in [-0.25, -0.2) is 31.2 Å². The Kier molecular flexibility index (Phi) is 47.7. The molecule has 22 heteroatoms. The van der Waals surface area contributed by atoms with Crippen LogP contribution in [0.25, 0.3) is 0 Å². The molecule has 502 valence electrons. The van der Waals surface area contributed by atoms with Gasteiger partial charge in [0, 0.05) is 6.42 Å². The summed E-state index contributed by atoms with van der Waals surface area (Å²) in [5.41, 5.74) is 0.125. The number of hydrogen-bond acceptors (Lipinski definition) is 17. The zero-order valence-electron chi connectivity index (χ0n) is 55.3. The average Bonchev–Trinajstić information content (AvgIpc) is 1.02. The van der Waals surface area contributed by atoms with Gasteiger partial charge in [-0.2, -0.15) is 0 Å². The zero-order chi connectivity index (χ0) is 64.2. The molecule has 1 aliphatic rings. The third-order valence-electron chi connectivity index (χ3n) is 16.3. The van der Waals surface area contributed by atoms with Crippen LogP contribution in [0.1, 0.15) is 276 Å². The first-order chi connectivity index (χ1) is 43.1. The molecule has 0 saturated carbocycles. The second kappa shape index (κ2) is 51.5. The summed E-state index contributed by atoms with van der Waals surface area (Å²) >= 11 is 0. The van der Waals surface area contributed by atoms with Gasteiger partial charge in [0.2, 0.25) is 26.7 Å². The number of hydrogen-bond donors (Lipinski definition) is 1. The molecular weight excluding hydrogens is 1220 g/mol. The third-order valence-corrected chi connectivity index (χ3v) is 17.2. The second-order valence-corrected chi connectivity index (χ2v) is 25.9. The van der Waals surface area contributed by atoms with Gasteiger partial charge in [0.25, 0.3) is 0 Å². The maximum absolute atomic E-state index is 14.2. The summed E-state index contributed by atoms with van der Waals surface area (Å²) in [6.45, 7) is 2.60. The van der Waals surface area contributed by atoms with Gasteiger partial charge in [0.05, 0.1) is 35.9 Å². The molecule has 0 aliphatic carbocycles. The van der Waals surface area contributed by atoms with Crippen LogP contribution in [0.4, 0.5) is 0 Å². The molecule has 0 unspecified atom stereocenters. The van der Waals surface area contributed by atoms with Crippen LogP contribution in [0.5, 0.6) is 0 Å². The van der Waals surface area contributed by atoms with Gasteiger partial charge in [0.1, 0.15) is 18.3 Å². The van der Waals surface area contributed by atoms with Gasteiger partial charge in [-0.15, -0.1) is 0 Å². The maximum Gasteiger partial charge on any atom is 1.00 e. The Morgan fingerprint density at radius 3 is 1.19 bits per heavy atom. The van der Waals surface area contributed by atoms with Gasteiger partial charge >= 0.3 is 77.0 Å². The zero-order valence-corrected chi connectivity index (χ0v) is 61.0. The van der Waals surface area contributed by atoms with E-state index < -0.39 is 94.8 Å². The minimum Gasteiger partial charge on any atom is -0.726 e. The van der Waals surface area contributed by atoms with E-state index in [1.54, 1.807) is 42.5 Å². The van der Waals surface area contributed by atoms with Crippen molar-refractivity contribution >= 4 is 44.6 Å². The molecule has 1 aliphatic heterocycles. The molecule has 0 spiro atoms. The molecule has 1 fully saturated rings. The van der Waals surface area contributed by atoms with Crippen LogP contribution in [-0.4, -0.2) is 106 Å². The molecule has 0 bridgehead atoms. The van der Waals surface area contributed by atoms with Crippen molar-refractivity contribution < 1.29 is 136 Å². The Morgan fingerprint density at radius 2 is 0.813 bits per heavy atom. The van der Waals surface area contributed by atoms with E-state index in [4.69, 9.17) is 27.9 Å². The summed E-state index contributed by atoms with van der Waals surface area (Å²) in [4.78, 5) is 56.1. The number of esters is 3. The quantitative estimate of drug-likeness (QED) is 0.0138. The minimum atomic E-state index is -5.78. The Morgan fingerprint density at radius 1 is 0.462 bits per heavy atom. The van der Waals surface area contributed by atoms with Crippen molar-refractivity contribution in [2.24, 2.45) is 0 Å². The fourth-order valence-corrected chi connectivity index (χ4v) is 12.1. The monoisotopic (exact) mass is 1330 g/mol. The van der Waals surface area contributed by atoms with E-state index in [0.717, 1.165) is 57.8 Å². The molecule has 0 radical (unpaired) electrons. The topological polar surface area (TPSA) is 259 Å². The van der Waals surface area contributed by atoms with Crippen molar-refractivity contribution in [2.75, 3.05) is 13.2 Å². The summed E-state index contributed by atoms with van der Waals surface area (Å²) in [6, 6.07) is 22.0. The molecule has 0 aromatic heterocycles. The van der Waals surface area contributed by atoms with Crippen LogP contribution in [0.2, 0.25) is 0 Å².